The Kier molecular flexibility index (Phi) is 3.56. The van der Waals surface area contributed by atoms with Gasteiger partial charge >= 0.3 is 0 Å². The molecule has 1 aliphatic heterocycles. The molecule has 15 heavy (non-hydrogen) atoms. The normalized spacial score (nSPS) is 22.0. The average Bonchev–Trinajstić information content (AvgIpc) is 2.66. The average molecular weight is 228 g/mol. The minimum Gasteiger partial charge on any atom is -0.382 e. The number of aromatic nitrogens is 1. The molecule has 1 fully saturated rings. The molecular formula is C10H16N2O2S. The highest BCUT2D eigenvalue weighted by Crippen LogP contribution is 2.23. The molecule has 1 aromatic heterocycles. The number of aryl methyl sites for hydroxylation is 1. The summed E-state index contributed by atoms with van der Waals surface area (Å²) in [6.07, 6.45) is 0. The molecule has 0 aliphatic carbocycles. The molecule has 0 radical (unpaired) electrons. The Morgan fingerprint density at radius 1 is 1.73 bits per heavy atom. The fourth-order valence-corrected chi connectivity index (χ4v) is 2.61. The smallest absolute Gasteiger partial charge is 0.185 e. The van der Waals surface area contributed by atoms with Crippen molar-refractivity contribution >= 4 is 16.5 Å². The van der Waals surface area contributed by atoms with Gasteiger partial charge < -0.3 is 14.4 Å². The van der Waals surface area contributed by atoms with E-state index in [-0.39, 0.29) is 0 Å². The highest BCUT2D eigenvalue weighted by molar-refractivity contribution is 7.13. The third-order valence-corrected chi connectivity index (χ3v) is 3.43. The van der Waals surface area contributed by atoms with Gasteiger partial charge in [0.2, 0.25) is 0 Å². The monoisotopic (exact) mass is 228 g/mol. The predicted molar refractivity (Wildman–Crippen MR) is 60.7 cm³/mol. The van der Waals surface area contributed by atoms with Gasteiger partial charge in [-0.25, -0.2) is 4.98 Å². The quantitative estimate of drug-likeness (QED) is 0.781. The summed E-state index contributed by atoms with van der Waals surface area (Å²) in [6.45, 7) is 5.12. The fraction of sp³-hybridized carbons (Fsp3) is 0.700. The van der Waals surface area contributed by atoms with E-state index in [2.05, 4.69) is 15.3 Å². The van der Waals surface area contributed by atoms with E-state index in [0.717, 1.165) is 30.6 Å². The molecule has 1 aliphatic rings. The zero-order chi connectivity index (χ0) is 10.7. The number of methoxy groups -OCH3 is 1. The number of anilines is 1. The number of ether oxygens (including phenoxy) is 2. The first-order valence-electron chi connectivity index (χ1n) is 5.06. The van der Waals surface area contributed by atoms with E-state index in [1.165, 1.54) is 0 Å². The van der Waals surface area contributed by atoms with Gasteiger partial charge in [0.05, 0.1) is 31.6 Å². The largest absolute Gasteiger partial charge is 0.382 e. The van der Waals surface area contributed by atoms with Crippen LogP contribution in [0.25, 0.3) is 0 Å². The van der Waals surface area contributed by atoms with E-state index in [9.17, 15) is 0 Å². The summed E-state index contributed by atoms with van der Waals surface area (Å²) in [6, 6.07) is 0.300. The molecule has 0 N–H and O–H groups in total. The first kappa shape index (κ1) is 10.9. The van der Waals surface area contributed by atoms with E-state index < -0.39 is 0 Å². The van der Waals surface area contributed by atoms with Crippen molar-refractivity contribution in [2.75, 3.05) is 38.4 Å². The molecule has 1 atom stereocenters. The van der Waals surface area contributed by atoms with Crippen molar-refractivity contribution in [1.82, 2.24) is 4.98 Å². The highest BCUT2D eigenvalue weighted by Gasteiger charge is 2.24. The fourth-order valence-electron chi connectivity index (χ4n) is 1.71. The van der Waals surface area contributed by atoms with Gasteiger partial charge in [0.15, 0.2) is 5.13 Å². The maximum atomic E-state index is 5.45. The molecule has 0 saturated carbocycles. The van der Waals surface area contributed by atoms with Gasteiger partial charge in [-0.2, -0.15) is 0 Å². The van der Waals surface area contributed by atoms with Gasteiger partial charge in [0.25, 0.3) is 0 Å². The minimum absolute atomic E-state index is 0.300. The van der Waals surface area contributed by atoms with E-state index in [1.807, 2.05) is 6.92 Å². The second-order valence-electron chi connectivity index (χ2n) is 3.65. The van der Waals surface area contributed by atoms with Crippen molar-refractivity contribution < 1.29 is 9.47 Å². The summed E-state index contributed by atoms with van der Waals surface area (Å²) < 4.78 is 10.6. The van der Waals surface area contributed by atoms with Crippen LogP contribution in [-0.4, -0.2) is 44.5 Å². The van der Waals surface area contributed by atoms with Crippen molar-refractivity contribution in [3.63, 3.8) is 0 Å². The van der Waals surface area contributed by atoms with Crippen molar-refractivity contribution in [1.29, 1.82) is 0 Å². The van der Waals surface area contributed by atoms with Crippen LogP contribution in [0.5, 0.6) is 0 Å². The predicted octanol–water partition coefficient (Wildman–Crippen LogP) is 1.30. The summed E-state index contributed by atoms with van der Waals surface area (Å²) in [7, 11) is 1.72. The molecule has 2 rings (SSSR count). The summed E-state index contributed by atoms with van der Waals surface area (Å²) in [4.78, 5) is 6.78. The minimum atomic E-state index is 0.300. The summed E-state index contributed by atoms with van der Waals surface area (Å²) in [5, 5.41) is 3.16. The Balaban J connectivity index is 2.10. The SMILES string of the molecule is COCC1COCCN1c1nc(C)cs1. The third-order valence-electron chi connectivity index (χ3n) is 2.44. The lowest BCUT2D eigenvalue weighted by Crippen LogP contribution is -2.48. The number of hydrogen-bond acceptors (Lipinski definition) is 5. The maximum Gasteiger partial charge on any atom is 0.185 e. The van der Waals surface area contributed by atoms with Crippen molar-refractivity contribution in [2.45, 2.75) is 13.0 Å². The molecule has 84 valence electrons. The van der Waals surface area contributed by atoms with Gasteiger partial charge in [-0.3, -0.25) is 0 Å². The zero-order valence-corrected chi connectivity index (χ0v) is 9.92. The van der Waals surface area contributed by atoms with Crippen LogP contribution in [0.4, 0.5) is 5.13 Å². The van der Waals surface area contributed by atoms with Crippen molar-refractivity contribution in [3.05, 3.63) is 11.1 Å². The van der Waals surface area contributed by atoms with Crippen molar-refractivity contribution in [2.24, 2.45) is 0 Å². The van der Waals surface area contributed by atoms with Gasteiger partial charge in [0.1, 0.15) is 0 Å². The number of rotatable bonds is 3. The van der Waals surface area contributed by atoms with Crippen molar-refractivity contribution in [3.8, 4) is 0 Å². The maximum absolute atomic E-state index is 5.45. The second-order valence-corrected chi connectivity index (χ2v) is 4.49. The Labute approximate surface area is 93.8 Å². The van der Waals surface area contributed by atoms with Crippen LogP contribution in [0.2, 0.25) is 0 Å². The van der Waals surface area contributed by atoms with Crippen LogP contribution < -0.4 is 4.90 Å². The standard InChI is InChI=1S/C10H16N2O2S/c1-8-7-15-10(11-8)12-3-4-14-6-9(12)5-13-2/h7,9H,3-6H2,1-2H3. The lowest BCUT2D eigenvalue weighted by Gasteiger charge is -2.34. The zero-order valence-electron chi connectivity index (χ0n) is 9.10. The molecule has 1 unspecified atom stereocenters. The number of hydrogen-bond donors (Lipinski definition) is 0. The summed E-state index contributed by atoms with van der Waals surface area (Å²) in [5.41, 5.74) is 1.08. The third kappa shape index (κ3) is 2.48. The topological polar surface area (TPSA) is 34.6 Å². The first-order valence-corrected chi connectivity index (χ1v) is 5.94. The van der Waals surface area contributed by atoms with E-state index in [4.69, 9.17) is 9.47 Å². The molecule has 5 heteroatoms. The molecule has 1 aromatic rings. The van der Waals surface area contributed by atoms with E-state index >= 15 is 0 Å². The van der Waals surface area contributed by atoms with Gasteiger partial charge in [-0.05, 0) is 6.92 Å². The molecule has 4 nitrogen and oxygen atoms in total. The molecule has 2 heterocycles. The molecular weight excluding hydrogens is 212 g/mol. The number of morpholine rings is 1. The summed E-state index contributed by atoms with van der Waals surface area (Å²) in [5.74, 6) is 0. The van der Waals surface area contributed by atoms with Crippen LogP contribution in [0, 0.1) is 6.92 Å². The Hall–Kier alpha value is -0.650. The molecule has 0 spiro atoms. The van der Waals surface area contributed by atoms with Crippen LogP contribution in [0.15, 0.2) is 5.38 Å². The van der Waals surface area contributed by atoms with Crippen LogP contribution in [0.3, 0.4) is 0 Å². The highest BCUT2D eigenvalue weighted by atomic mass is 32.1. The van der Waals surface area contributed by atoms with E-state index in [0.29, 0.717) is 12.6 Å². The molecule has 0 bridgehead atoms. The van der Waals surface area contributed by atoms with Crippen LogP contribution >= 0.6 is 11.3 Å². The van der Waals surface area contributed by atoms with Gasteiger partial charge in [-0.15, -0.1) is 11.3 Å². The molecule has 0 aromatic carbocycles. The first-order chi connectivity index (χ1) is 7.31. The number of thiazole rings is 1. The Bertz CT molecular complexity index is 314. The summed E-state index contributed by atoms with van der Waals surface area (Å²) >= 11 is 1.69. The van der Waals surface area contributed by atoms with Crippen LogP contribution in [0.1, 0.15) is 5.69 Å². The lowest BCUT2D eigenvalue weighted by atomic mass is 10.2. The Morgan fingerprint density at radius 3 is 3.27 bits per heavy atom. The van der Waals surface area contributed by atoms with E-state index in [1.54, 1.807) is 18.4 Å². The second kappa shape index (κ2) is 4.92. The molecule has 1 saturated heterocycles. The Morgan fingerprint density at radius 2 is 2.60 bits per heavy atom. The number of nitrogens with zero attached hydrogens (tertiary/aromatic N) is 2. The van der Waals surface area contributed by atoms with Crippen LogP contribution in [-0.2, 0) is 9.47 Å². The lowest BCUT2D eigenvalue weighted by molar-refractivity contribution is 0.0601. The van der Waals surface area contributed by atoms with Gasteiger partial charge in [-0.1, -0.05) is 0 Å². The van der Waals surface area contributed by atoms with Gasteiger partial charge in [0, 0.05) is 19.0 Å². The molecule has 0 amide bonds.